The summed E-state index contributed by atoms with van der Waals surface area (Å²) >= 11 is 0. The Balaban J connectivity index is 1.89. The Bertz CT molecular complexity index is 231. The summed E-state index contributed by atoms with van der Waals surface area (Å²) in [6.45, 7) is 6.34. The minimum Gasteiger partial charge on any atom is -0.383 e. The lowest BCUT2D eigenvalue weighted by molar-refractivity contribution is 0.0337. The number of hydrogen-bond donors (Lipinski definition) is 1. The molecule has 0 aliphatic heterocycles. The molecule has 0 heterocycles. The molecular formula is C14H28N2O. The second-order valence-electron chi connectivity index (χ2n) is 6.10. The third-order valence-corrected chi connectivity index (χ3v) is 4.85. The molecule has 0 saturated heterocycles. The molecule has 0 aromatic carbocycles. The Morgan fingerprint density at radius 1 is 1.41 bits per heavy atom. The molecule has 2 aliphatic carbocycles. The van der Waals surface area contributed by atoms with Crippen LogP contribution in [0.2, 0.25) is 0 Å². The lowest BCUT2D eigenvalue weighted by Crippen LogP contribution is -2.50. The molecule has 17 heavy (non-hydrogen) atoms. The first kappa shape index (κ1) is 13.3. The largest absolute Gasteiger partial charge is 0.383 e. The summed E-state index contributed by atoms with van der Waals surface area (Å²) in [5.41, 5.74) is 6.41. The zero-order valence-electron chi connectivity index (χ0n) is 11.5. The van der Waals surface area contributed by atoms with Gasteiger partial charge in [-0.3, -0.25) is 4.90 Å². The Morgan fingerprint density at radius 3 is 2.53 bits per heavy atom. The van der Waals surface area contributed by atoms with Crippen molar-refractivity contribution in [1.29, 1.82) is 0 Å². The molecule has 1 unspecified atom stereocenters. The molecule has 0 amide bonds. The Morgan fingerprint density at radius 2 is 2.12 bits per heavy atom. The maximum atomic E-state index is 5.98. The van der Waals surface area contributed by atoms with Gasteiger partial charge < -0.3 is 10.5 Å². The second kappa shape index (κ2) is 5.68. The highest BCUT2D eigenvalue weighted by molar-refractivity contribution is 4.94. The van der Waals surface area contributed by atoms with E-state index in [4.69, 9.17) is 10.5 Å². The fourth-order valence-electron chi connectivity index (χ4n) is 3.05. The Kier molecular flexibility index (Phi) is 4.45. The van der Waals surface area contributed by atoms with E-state index in [0.717, 1.165) is 25.6 Å². The fraction of sp³-hybridized carbons (Fsp3) is 1.00. The molecule has 2 aliphatic rings. The fourth-order valence-corrected chi connectivity index (χ4v) is 3.05. The molecule has 2 rings (SSSR count). The van der Waals surface area contributed by atoms with E-state index in [-0.39, 0.29) is 0 Å². The van der Waals surface area contributed by atoms with Crippen molar-refractivity contribution in [3.05, 3.63) is 0 Å². The summed E-state index contributed by atoms with van der Waals surface area (Å²) < 4.78 is 5.25. The van der Waals surface area contributed by atoms with Crippen molar-refractivity contribution in [3.63, 3.8) is 0 Å². The van der Waals surface area contributed by atoms with Gasteiger partial charge in [-0.05, 0) is 50.5 Å². The highest BCUT2D eigenvalue weighted by Crippen LogP contribution is 2.42. The highest BCUT2D eigenvalue weighted by Gasteiger charge is 2.40. The van der Waals surface area contributed by atoms with E-state index in [1.54, 1.807) is 7.11 Å². The minimum atomic E-state index is 0.427. The molecule has 100 valence electrons. The van der Waals surface area contributed by atoms with Crippen LogP contribution in [-0.2, 0) is 4.74 Å². The van der Waals surface area contributed by atoms with Crippen LogP contribution < -0.4 is 5.73 Å². The van der Waals surface area contributed by atoms with Crippen LogP contribution in [0, 0.1) is 11.3 Å². The predicted molar refractivity (Wildman–Crippen MR) is 71.0 cm³/mol. The smallest absolute Gasteiger partial charge is 0.0589 e. The SMILES string of the molecule is COCCN(CC1(CN)CCC1)C(C)C1CC1. The average Bonchev–Trinajstić information content (AvgIpc) is 3.10. The van der Waals surface area contributed by atoms with Gasteiger partial charge in [0.15, 0.2) is 0 Å². The van der Waals surface area contributed by atoms with Gasteiger partial charge in [0, 0.05) is 26.2 Å². The van der Waals surface area contributed by atoms with E-state index in [1.807, 2.05) is 0 Å². The maximum absolute atomic E-state index is 5.98. The van der Waals surface area contributed by atoms with E-state index < -0.39 is 0 Å². The van der Waals surface area contributed by atoms with Gasteiger partial charge in [-0.25, -0.2) is 0 Å². The van der Waals surface area contributed by atoms with E-state index in [9.17, 15) is 0 Å². The van der Waals surface area contributed by atoms with E-state index in [1.165, 1.54) is 38.6 Å². The minimum absolute atomic E-state index is 0.427. The van der Waals surface area contributed by atoms with Crippen molar-refractivity contribution in [2.45, 2.75) is 45.1 Å². The predicted octanol–water partition coefficient (Wildman–Crippen LogP) is 1.86. The number of methoxy groups -OCH3 is 1. The molecule has 0 spiro atoms. The van der Waals surface area contributed by atoms with Gasteiger partial charge >= 0.3 is 0 Å². The molecule has 2 fully saturated rings. The molecule has 3 heteroatoms. The quantitative estimate of drug-likeness (QED) is 0.704. The van der Waals surface area contributed by atoms with Crippen LogP contribution in [0.5, 0.6) is 0 Å². The third-order valence-electron chi connectivity index (χ3n) is 4.85. The molecule has 0 aromatic heterocycles. The first-order chi connectivity index (χ1) is 8.21. The Hall–Kier alpha value is -0.120. The first-order valence-electron chi connectivity index (χ1n) is 7.14. The highest BCUT2D eigenvalue weighted by atomic mass is 16.5. The van der Waals surface area contributed by atoms with Gasteiger partial charge in [-0.15, -0.1) is 0 Å². The first-order valence-corrected chi connectivity index (χ1v) is 7.14. The summed E-state index contributed by atoms with van der Waals surface area (Å²) in [5, 5.41) is 0. The van der Waals surface area contributed by atoms with E-state index >= 15 is 0 Å². The van der Waals surface area contributed by atoms with Crippen LogP contribution in [0.4, 0.5) is 0 Å². The van der Waals surface area contributed by atoms with E-state index in [0.29, 0.717) is 11.5 Å². The summed E-state index contributed by atoms with van der Waals surface area (Å²) in [6, 6.07) is 0.717. The standard InChI is InChI=1S/C14H28N2O/c1-12(13-4-5-13)16(8-9-17-2)11-14(10-15)6-3-7-14/h12-13H,3-11,15H2,1-2H3. The molecular weight excluding hydrogens is 212 g/mol. The Labute approximate surface area is 106 Å². The van der Waals surface area contributed by atoms with Crippen molar-refractivity contribution < 1.29 is 4.74 Å². The summed E-state index contributed by atoms with van der Waals surface area (Å²) in [6.07, 6.45) is 6.85. The third kappa shape index (κ3) is 3.21. The lowest BCUT2D eigenvalue weighted by Gasteiger charge is -2.46. The number of nitrogens with zero attached hydrogens (tertiary/aromatic N) is 1. The molecule has 2 saturated carbocycles. The topological polar surface area (TPSA) is 38.5 Å². The number of nitrogens with two attached hydrogens (primary N) is 1. The van der Waals surface area contributed by atoms with Crippen molar-refractivity contribution >= 4 is 0 Å². The lowest BCUT2D eigenvalue weighted by atomic mass is 9.68. The van der Waals surface area contributed by atoms with Crippen LogP contribution in [0.1, 0.15) is 39.0 Å². The van der Waals surface area contributed by atoms with Crippen molar-refractivity contribution in [1.82, 2.24) is 4.90 Å². The molecule has 0 aromatic rings. The van der Waals surface area contributed by atoms with Crippen molar-refractivity contribution in [2.24, 2.45) is 17.1 Å². The molecule has 0 radical (unpaired) electrons. The molecule has 2 N–H and O–H groups in total. The summed E-state index contributed by atoms with van der Waals surface area (Å²) in [5.74, 6) is 0.932. The van der Waals surface area contributed by atoms with Gasteiger partial charge in [0.1, 0.15) is 0 Å². The number of rotatable bonds is 8. The number of ether oxygens (including phenoxy) is 1. The van der Waals surface area contributed by atoms with Gasteiger partial charge in [0.05, 0.1) is 6.61 Å². The second-order valence-corrected chi connectivity index (χ2v) is 6.10. The van der Waals surface area contributed by atoms with Gasteiger partial charge in [0.25, 0.3) is 0 Å². The van der Waals surface area contributed by atoms with Gasteiger partial charge in [-0.1, -0.05) is 6.42 Å². The van der Waals surface area contributed by atoms with Crippen LogP contribution in [0.15, 0.2) is 0 Å². The van der Waals surface area contributed by atoms with Crippen LogP contribution in [-0.4, -0.2) is 44.3 Å². The monoisotopic (exact) mass is 240 g/mol. The van der Waals surface area contributed by atoms with Gasteiger partial charge in [-0.2, -0.15) is 0 Å². The van der Waals surface area contributed by atoms with Crippen molar-refractivity contribution in [3.8, 4) is 0 Å². The zero-order valence-corrected chi connectivity index (χ0v) is 11.5. The molecule has 3 nitrogen and oxygen atoms in total. The van der Waals surface area contributed by atoms with Gasteiger partial charge in [0.2, 0.25) is 0 Å². The maximum Gasteiger partial charge on any atom is 0.0589 e. The zero-order chi connectivity index (χ0) is 12.3. The van der Waals surface area contributed by atoms with E-state index in [2.05, 4.69) is 11.8 Å². The van der Waals surface area contributed by atoms with Crippen LogP contribution in [0.3, 0.4) is 0 Å². The number of hydrogen-bond acceptors (Lipinski definition) is 3. The summed E-state index contributed by atoms with van der Waals surface area (Å²) in [4.78, 5) is 2.63. The summed E-state index contributed by atoms with van der Waals surface area (Å²) in [7, 11) is 1.79. The molecule has 1 atom stereocenters. The van der Waals surface area contributed by atoms with Crippen molar-refractivity contribution in [2.75, 3.05) is 33.4 Å². The molecule has 0 bridgehead atoms. The van der Waals surface area contributed by atoms with Crippen LogP contribution in [0.25, 0.3) is 0 Å². The normalized spacial score (nSPS) is 24.7. The van der Waals surface area contributed by atoms with Crippen LogP contribution >= 0.6 is 0 Å². The average molecular weight is 240 g/mol.